The Morgan fingerprint density at radius 3 is 2.32 bits per heavy atom. The molecule has 0 unspecified atom stereocenters. The van der Waals surface area contributed by atoms with Crippen molar-refractivity contribution in [3.63, 3.8) is 0 Å². The van der Waals surface area contributed by atoms with Gasteiger partial charge in [-0.3, -0.25) is 4.79 Å². The van der Waals surface area contributed by atoms with Gasteiger partial charge in [-0.15, -0.1) is 0 Å². The van der Waals surface area contributed by atoms with Gasteiger partial charge in [0.25, 0.3) is 0 Å². The summed E-state index contributed by atoms with van der Waals surface area (Å²) in [4.78, 5) is 10.8. The van der Waals surface area contributed by atoms with Crippen LogP contribution in [0.2, 0.25) is 0 Å². The molecule has 7 nitrogen and oxygen atoms in total. The van der Waals surface area contributed by atoms with Crippen LogP contribution in [0, 0.1) is 5.82 Å². The third-order valence-electron chi connectivity index (χ3n) is 5.45. The molecule has 34 heavy (non-hydrogen) atoms. The summed E-state index contributed by atoms with van der Waals surface area (Å²) in [6.45, 7) is 0.269. The molecule has 0 amide bonds. The van der Waals surface area contributed by atoms with Crippen molar-refractivity contribution in [1.29, 1.82) is 0 Å². The lowest BCUT2D eigenvalue weighted by atomic mass is 10.1. The molecule has 0 aliphatic carbocycles. The average Bonchev–Trinajstić information content (AvgIpc) is 3.27. The maximum absolute atomic E-state index is 13.5. The Morgan fingerprint density at radius 2 is 1.59 bits per heavy atom. The highest BCUT2D eigenvalue weighted by molar-refractivity contribution is 7.89. The van der Waals surface area contributed by atoms with Gasteiger partial charge in [-0.2, -0.15) is 4.31 Å². The highest BCUT2D eigenvalue weighted by Crippen LogP contribution is 2.33. The summed E-state index contributed by atoms with van der Waals surface area (Å²) >= 11 is 0. The van der Waals surface area contributed by atoms with Gasteiger partial charge < -0.3 is 14.6 Å². The summed E-state index contributed by atoms with van der Waals surface area (Å²) in [6, 6.07) is 17.4. The molecular formula is C25H24FNO6S. The van der Waals surface area contributed by atoms with Crippen molar-refractivity contribution in [2.45, 2.75) is 37.2 Å². The molecular weight excluding hydrogens is 461 g/mol. The van der Waals surface area contributed by atoms with Gasteiger partial charge in [-0.1, -0.05) is 30.3 Å². The van der Waals surface area contributed by atoms with Gasteiger partial charge in [0.05, 0.1) is 4.90 Å². The van der Waals surface area contributed by atoms with Crippen LogP contribution in [0.25, 0.3) is 0 Å². The highest BCUT2D eigenvalue weighted by Gasteiger charge is 2.26. The van der Waals surface area contributed by atoms with Gasteiger partial charge in [0.2, 0.25) is 16.8 Å². The van der Waals surface area contributed by atoms with Crippen LogP contribution in [0.15, 0.2) is 71.6 Å². The number of halogens is 1. The van der Waals surface area contributed by atoms with E-state index >= 15 is 0 Å². The Bertz CT molecular complexity index is 1280. The molecule has 178 valence electrons. The summed E-state index contributed by atoms with van der Waals surface area (Å²) in [7, 11) is -3.95. The molecule has 0 radical (unpaired) electrons. The van der Waals surface area contributed by atoms with E-state index in [0.717, 1.165) is 23.3 Å². The molecule has 0 atom stereocenters. The van der Waals surface area contributed by atoms with Crippen molar-refractivity contribution in [1.82, 2.24) is 4.31 Å². The molecule has 1 aliphatic rings. The van der Waals surface area contributed by atoms with Crippen LogP contribution in [0.1, 0.15) is 29.5 Å². The molecule has 0 saturated carbocycles. The van der Waals surface area contributed by atoms with Gasteiger partial charge in [-0.25, -0.2) is 12.8 Å². The fourth-order valence-electron chi connectivity index (χ4n) is 3.76. The Kier molecular flexibility index (Phi) is 7.14. The zero-order valence-corrected chi connectivity index (χ0v) is 19.1. The first-order valence-corrected chi connectivity index (χ1v) is 12.2. The van der Waals surface area contributed by atoms with Crippen LogP contribution in [0.5, 0.6) is 11.5 Å². The standard InChI is InChI=1S/C25H24FNO6S/c26-21-8-10-22(11-9-21)34(30,31)27(16-20-7-12-23-24(14-20)33-17-32-23)15-19-5-1-3-18(13-19)4-2-6-25(28)29/h1,3,5,7-14H,2,4,6,15-17H2,(H,28,29). The fourth-order valence-corrected chi connectivity index (χ4v) is 5.17. The van der Waals surface area contributed by atoms with Gasteiger partial charge in [-0.05, 0) is 65.9 Å². The molecule has 1 N–H and O–H groups in total. The molecule has 0 bridgehead atoms. The molecule has 0 saturated heterocycles. The second kappa shape index (κ2) is 10.2. The largest absolute Gasteiger partial charge is 0.481 e. The number of carbonyl (C=O) groups is 1. The lowest BCUT2D eigenvalue weighted by Crippen LogP contribution is -2.30. The van der Waals surface area contributed by atoms with E-state index in [1.54, 1.807) is 18.2 Å². The van der Waals surface area contributed by atoms with E-state index in [1.807, 2.05) is 24.3 Å². The van der Waals surface area contributed by atoms with Crippen molar-refractivity contribution in [2.75, 3.05) is 6.79 Å². The third kappa shape index (κ3) is 5.73. The van der Waals surface area contributed by atoms with E-state index < -0.39 is 21.8 Å². The number of benzene rings is 3. The predicted octanol–water partition coefficient (Wildman–Crippen LogP) is 4.35. The summed E-state index contributed by atoms with van der Waals surface area (Å²) < 4.78 is 52.5. The topological polar surface area (TPSA) is 93.1 Å². The van der Waals surface area contributed by atoms with E-state index in [2.05, 4.69) is 0 Å². The Balaban J connectivity index is 1.61. The average molecular weight is 486 g/mol. The number of nitrogens with zero attached hydrogens (tertiary/aromatic N) is 1. The van der Waals surface area contributed by atoms with E-state index in [4.69, 9.17) is 14.6 Å². The lowest BCUT2D eigenvalue weighted by Gasteiger charge is -2.23. The number of rotatable bonds is 10. The van der Waals surface area contributed by atoms with Crippen molar-refractivity contribution < 1.29 is 32.2 Å². The Morgan fingerprint density at radius 1 is 0.912 bits per heavy atom. The molecule has 0 aromatic heterocycles. The number of sulfonamides is 1. The first-order valence-electron chi connectivity index (χ1n) is 10.7. The first-order chi connectivity index (χ1) is 16.3. The summed E-state index contributed by atoms with van der Waals surface area (Å²) in [5, 5.41) is 8.86. The fraction of sp³-hybridized carbons (Fsp3) is 0.240. The van der Waals surface area contributed by atoms with Gasteiger partial charge in [0.1, 0.15) is 5.82 Å². The maximum atomic E-state index is 13.5. The highest BCUT2D eigenvalue weighted by atomic mass is 32.2. The molecule has 0 spiro atoms. The number of carboxylic acid groups (broad SMARTS) is 1. The normalized spacial score (nSPS) is 12.8. The first kappa shape index (κ1) is 23.7. The summed E-state index contributed by atoms with van der Waals surface area (Å²) in [6.07, 6.45) is 1.14. The van der Waals surface area contributed by atoms with Crippen LogP contribution >= 0.6 is 0 Å². The third-order valence-corrected chi connectivity index (χ3v) is 7.26. The van der Waals surface area contributed by atoms with Crippen molar-refractivity contribution in [3.05, 3.63) is 89.2 Å². The molecule has 9 heteroatoms. The number of ether oxygens (including phenoxy) is 2. The smallest absolute Gasteiger partial charge is 0.303 e. The van der Waals surface area contributed by atoms with Crippen LogP contribution < -0.4 is 9.47 Å². The number of carboxylic acids is 1. The number of hydrogen-bond acceptors (Lipinski definition) is 5. The van der Waals surface area contributed by atoms with Crippen molar-refractivity contribution in [2.24, 2.45) is 0 Å². The number of hydrogen-bond donors (Lipinski definition) is 1. The van der Waals surface area contributed by atoms with Crippen LogP contribution in [0.3, 0.4) is 0 Å². The monoisotopic (exact) mass is 485 g/mol. The summed E-state index contributed by atoms with van der Waals surface area (Å²) in [5.41, 5.74) is 2.41. The van der Waals surface area contributed by atoms with Crippen LogP contribution in [-0.2, 0) is 34.3 Å². The van der Waals surface area contributed by atoms with E-state index in [1.165, 1.54) is 16.4 Å². The zero-order valence-electron chi connectivity index (χ0n) is 18.3. The minimum atomic E-state index is -3.95. The van der Waals surface area contributed by atoms with Crippen LogP contribution in [0.4, 0.5) is 4.39 Å². The molecule has 1 heterocycles. The van der Waals surface area contributed by atoms with Gasteiger partial charge >= 0.3 is 5.97 Å². The molecule has 4 rings (SSSR count). The number of fused-ring (bicyclic) bond motifs is 1. The minimum absolute atomic E-state index is 0.00717. The van der Waals surface area contributed by atoms with Crippen LogP contribution in [-0.4, -0.2) is 30.6 Å². The minimum Gasteiger partial charge on any atom is -0.481 e. The zero-order chi connectivity index (χ0) is 24.1. The van der Waals surface area contributed by atoms with Gasteiger partial charge in [0, 0.05) is 19.5 Å². The summed E-state index contributed by atoms with van der Waals surface area (Å²) in [5.74, 6) is -0.213. The Labute approximate surface area is 197 Å². The predicted molar refractivity (Wildman–Crippen MR) is 122 cm³/mol. The van der Waals surface area contributed by atoms with E-state index in [9.17, 15) is 17.6 Å². The van der Waals surface area contributed by atoms with Gasteiger partial charge in [0.15, 0.2) is 11.5 Å². The van der Waals surface area contributed by atoms with Crippen molar-refractivity contribution in [3.8, 4) is 11.5 Å². The van der Waals surface area contributed by atoms with E-state index in [0.29, 0.717) is 29.9 Å². The molecule has 0 fully saturated rings. The SMILES string of the molecule is O=C(O)CCCc1cccc(CN(Cc2ccc3c(c2)OCO3)S(=O)(=O)c2ccc(F)cc2)c1. The second-order valence-corrected chi connectivity index (χ2v) is 9.92. The quantitative estimate of drug-likeness (QED) is 0.459. The molecule has 3 aromatic carbocycles. The second-order valence-electron chi connectivity index (χ2n) is 7.98. The maximum Gasteiger partial charge on any atom is 0.303 e. The molecule has 1 aliphatic heterocycles. The Hall–Kier alpha value is -3.43. The lowest BCUT2D eigenvalue weighted by molar-refractivity contribution is -0.137. The number of aliphatic carboxylic acids is 1. The van der Waals surface area contributed by atoms with E-state index in [-0.39, 0.29) is 31.2 Å². The van der Waals surface area contributed by atoms with Crippen molar-refractivity contribution >= 4 is 16.0 Å². The number of aryl methyl sites for hydroxylation is 1. The molecule has 3 aromatic rings.